The quantitative estimate of drug-likeness (QED) is 0.789. The fourth-order valence-corrected chi connectivity index (χ4v) is 3.75. The first-order chi connectivity index (χ1) is 14.1. The number of benzene rings is 1. The van der Waals surface area contributed by atoms with E-state index in [9.17, 15) is 0 Å². The molecular formula is C23H26N4O2. The van der Waals surface area contributed by atoms with Gasteiger partial charge in [0.1, 0.15) is 5.75 Å². The number of fused-ring (bicyclic) bond motifs is 1. The first-order valence-electron chi connectivity index (χ1n) is 9.65. The molecular weight excluding hydrogens is 364 g/mol. The van der Waals surface area contributed by atoms with Gasteiger partial charge in [0.05, 0.1) is 26.3 Å². The number of hydrogen-bond acceptors (Lipinski definition) is 6. The molecule has 0 saturated carbocycles. The number of methoxy groups -OCH3 is 2. The lowest BCUT2D eigenvalue weighted by molar-refractivity contribution is 0.188. The monoisotopic (exact) mass is 390 g/mol. The zero-order valence-corrected chi connectivity index (χ0v) is 16.9. The summed E-state index contributed by atoms with van der Waals surface area (Å²) in [5.74, 6) is 1.45. The average Bonchev–Trinajstić information content (AvgIpc) is 3.16. The fraction of sp³-hybridized carbons (Fsp3) is 0.261. The summed E-state index contributed by atoms with van der Waals surface area (Å²) in [6.07, 6.45) is 10.4. The van der Waals surface area contributed by atoms with Gasteiger partial charge in [-0.15, -0.1) is 0 Å². The van der Waals surface area contributed by atoms with E-state index in [1.54, 1.807) is 14.2 Å². The van der Waals surface area contributed by atoms with Gasteiger partial charge in [-0.1, -0.05) is 24.3 Å². The molecule has 6 heteroatoms. The molecule has 29 heavy (non-hydrogen) atoms. The van der Waals surface area contributed by atoms with Crippen LogP contribution < -0.4 is 20.6 Å². The summed E-state index contributed by atoms with van der Waals surface area (Å²) in [5, 5.41) is 2.11. The molecule has 0 radical (unpaired) electrons. The van der Waals surface area contributed by atoms with Gasteiger partial charge >= 0.3 is 0 Å². The Labute approximate surface area is 171 Å². The van der Waals surface area contributed by atoms with Crippen molar-refractivity contribution in [2.45, 2.75) is 25.0 Å². The lowest BCUT2D eigenvalue weighted by Crippen LogP contribution is -2.44. The van der Waals surface area contributed by atoms with Crippen LogP contribution in [0.2, 0.25) is 0 Å². The van der Waals surface area contributed by atoms with Crippen molar-refractivity contribution in [1.82, 2.24) is 15.4 Å². The first-order valence-corrected chi connectivity index (χ1v) is 9.65. The minimum absolute atomic E-state index is 0.00640. The van der Waals surface area contributed by atoms with Crippen LogP contribution in [0.4, 0.5) is 0 Å². The number of hydrazine groups is 1. The van der Waals surface area contributed by atoms with Gasteiger partial charge < -0.3 is 20.2 Å². The normalized spacial score (nSPS) is 19.9. The summed E-state index contributed by atoms with van der Waals surface area (Å²) in [4.78, 5) is 4.31. The lowest BCUT2D eigenvalue weighted by atomic mass is 9.95. The largest absolute Gasteiger partial charge is 0.497 e. The highest BCUT2D eigenvalue weighted by Gasteiger charge is 2.30. The summed E-state index contributed by atoms with van der Waals surface area (Å²) in [7, 11) is 3.29. The number of rotatable bonds is 6. The zero-order valence-electron chi connectivity index (χ0n) is 16.9. The summed E-state index contributed by atoms with van der Waals surface area (Å²) >= 11 is 0. The Morgan fingerprint density at radius 1 is 1.10 bits per heavy atom. The smallest absolute Gasteiger partial charge is 0.212 e. The molecule has 3 N–H and O–H groups in total. The molecule has 1 aliphatic heterocycles. The molecule has 2 aromatic rings. The molecule has 1 aromatic carbocycles. The SMILES string of the molecule is COc1ccc(C(C(C)N)N2C=C3C=C(c4ccc(OC)nc4)C=CC3N2)cc1. The van der Waals surface area contributed by atoms with Gasteiger partial charge in [-0.2, -0.15) is 0 Å². The van der Waals surface area contributed by atoms with E-state index < -0.39 is 0 Å². The van der Waals surface area contributed by atoms with Crippen molar-refractivity contribution in [2.24, 2.45) is 5.73 Å². The predicted octanol–water partition coefficient (Wildman–Crippen LogP) is 3.21. The molecule has 3 unspecified atom stereocenters. The van der Waals surface area contributed by atoms with Gasteiger partial charge in [0, 0.05) is 30.1 Å². The molecule has 2 aliphatic rings. The minimum Gasteiger partial charge on any atom is -0.497 e. The maximum absolute atomic E-state index is 6.36. The molecule has 0 spiro atoms. The minimum atomic E-state index is -0.0638. The standard InChI is InChI=1S/C23H26N4O2/c1-15(24)23(16-4-8-20(28-2)9-5-16)27-14-19-12-17(6-10-21(19)26-27)18-7-11-22(29-3)25-13-18/h4-15,21,23,26H,24H2,1-3H3. The third-order valence-electron chi connectivity index (χ3n) is 5.26. The van der Waals surface area contributed by atoms with E-state index in [1.165, 1.54) is 5.57 Å². The molecule has 2 heterocycles. The Bertz CT molecular complexity index is 946. The first kappa shape index (κ1) is 19.2. The second-order valence-electron chi connectivity index (χ2n) is 7.27. The third-order valence-corrected chi connectivity index (χ3v) is 5.26. The van der Waals surface area contributed by atoms with Gasteiger partial charge in [-0.05, 0) is 47.9 Å². The van der Waals surface area contributed by atoms with Crippen molar-refractivity contribution in [1.29, 1.82) is 0 Å². The van der Waals surface area contributed by atoms with Crippen LogP contribution in [0, 0.1) is 0 Å². The number of aromatic nitrogens is 1. The second kappa shape index (κ2) is 8.11. The Balaban J connectivity index is 1.59. The molecule has 0 saturated heterocycles. The van der Waals surface area contributed by atoms with Gasteiger partial charge in [0.15, 0.2) is 0 Å². The molecule has 0 fully saturated rings. The van der Waals surface area contributed by atoms with Crippen molar-refractivity contribution in [3.05, 3.63) is 83.7 Å². The van der Waals surface area contributed by atoms with Crippen molar-refractivity contribution in [2.75, 3.05) is 14.2 Å². The number of nitrogens with zero attached hydrogens (tertiary/aromatic N) is 2. The van der Waals surface area contributed by atoms with Crippen molar-refractivity contribution < 1.29 is 9.47 Å². The second-order valence-corrected chi connectivity index (χ2v) is 7.27. The van der Waals surface area contributed by atoms with Crippen molar-refractivity contribution >= 4 is 5.57 Å². The van der Waals surface area contributed by atoms with Crippen molar-refractivity contribution in [3.8, 4) is 11.6 Å². The van der Waals surface area contributed by atoms with Gasteiger partial charge in [0.2, 0.25) is 5.88 Å². The van der Waals surface area contributed by atoms with Crippen LogP contribution in [0.25, 0.3) is 5.57 Å². The number of nitrogens with one attached hydrogen (secondary N) is 1. The van der Waals surface area contributed by atoms with Crippen LogP contribution >= 0.6 is 0 Å². The fourth-order valence-electron chi connectivity index (χ4n) is 3.75. The van der Waals surface area contributed by atoms with Crippen LogP contribution in [-0.4, -0.2) is 36.3 Å². The Morgan fingerprint density at radius 2 is 1.90 bits per heavy atom. The zero-order chi connectivity index (χ0) is 20.4. The number of ether oxygens (including phenoxy) is 2. The van der Waals surface area contributed by atoms with E-state index in [4.69, 9.17) is 15.2 Å². The van der Waals surface area contributed by atoms with Crippen LogP contribution in [0.15, 0.2) is 72.6 Å². The van der Waals surface area contributed by atoms with E-state index in [-0.39, 0.29) is 18.1 Å². The maximum Gasteiger partial charge on any atom is 0.212 e. The van der Waals surface area contributed by atoms with E-state index >= 15 is 0 Å². The van der Waals surface area contributed by atoms with E-state index in [0.717, 1.165) is 22.4 Å². The number of hydrogen-bond donors (Lipinski definition) is 2. The third kappa shape index (κ3) is 3.90. The summed E-state index contributed by atoms with van der Waals surface area (Å²) in [6.45, 7) is 2.02. The number of allylic oxidation sites excluding steroid dienone is 2. The van der Waals surface area contributed by atoms with Gasteiger partial charge in [-0.3, -0.25) is 0 Å². The van der Waals surface area contributed by atoms with Gasteiger partial charge in [0.25, 0.3) is 0 Å². The summed E-state index contributed by atoms with van der Waals surface area (Å²) in [5.41, 5.74) is 14.4. The topological polar surface area (TPSA) is 72.6 Å². The van der Waals surface area contributed by atoms with Gasteiger partial charge in [-0.25, -0.2) is 10.4 Å². The molecule has 0 bridgehead atoms. The molecule has 3 atom stereocenters. The van der Waals surface area contributed by atoms with Crippen LogP contribution in [0.1, 0.15) is 24.1 Å². The lowest BCUT2D eigenvalue weighted by Gasteiger charge is -2.32. The maximum atomic E-state index is 6.36. The van der Waals surface area contributed by atoms with Crippen LogP contribution in [0.3, 0.4) is 0 Å². The molecule has 1 aliphatic carbocycles. The van der Waals surface area contributed by atoms with E-state index in [2.05, 4.69) is 52.0 Å². The Hall–Kier alpha value is -3.09. The number of nitrogens with two attached hydrogens (primary N) is 1. The van der Waals surface area contributed by atoms with Crippen LogP contribution in [-0.2, 0) is 0 Å². The molecule has 4 rings (SSSR count). The van der Waals surface area contributed by atoms with Crippen LogP contribution in [0.5, 0.6) is 11.6 Å². The summed E-state index contributed by atoms with van der Waals surface area (Å²) < 4.78 is 10.4. The van der Waals surface area contributed by atoms with Crippen molar-refractivity contribution in [3.63, 3.8) is 0 Å². The van der Waals surface area contributed by atoms with E-state index in [1.807, 2.05) is 37.4 Å². The summed E-state index contributed by atoms with van der Waals surface area (Å²) in [6, 6.07) is 12.0. The predicted molar refractivity (Wildman–Crippen MR) is 114 cm³/mol. The molecule has 1 aromatic heterocycles. The Morgan fingerprint density at radius 3 is 2.52 bits per heavy atom. The average molecular weight is 390 g/mol. The molecule has 6 nitrogen and oxygen atoms in total. The highest BCUT2D eigenvalue weighted by atomic mass is 16.5. The molecule has 0 amide bonds. The molecule has 150 valence electrons. The Kier molecular flexibility index (Phi) is 5.38. The highest BCUT2D eigenvalue weighted by molar-refractivity contribution is 5.78. The highest BCUT2D eigenvalue weighted by Crippen LogP contribution is 2.33. The number of pyridine rings is 1. The van der Waals surface area contributed by atoms with E-state index in [0.29, 0.717) is 5.88 Å².